The molecular formula is C16H14ClN2OS+. The molecule has 2 aromatic carbocycles. The van der Waals surface area contributed by atoms with Crippen molar-refractivity contribution in [1.82, 2.24) is 0 Å². The maximum absolute atomic E-state index is 10.5. The summed E-state index contributed by atoms with van der Waals surface area (Å²) in [6.45, 7) is 0. The third kappa shape index (κ3) is 2.40. The Bertz CT molecular complexity index is 743. The van der Waals surface area contributed by atoms with Crippen LogP contribution in [0.15, 0.2) is 60.7 Å². The molecule has 2 aromatic rings. The summed E-state index contributed by atoms with van der Waals surface area (Å²) in [5.41, 5.74) is 3.38. The molecule has 0 aromatic heterocycles. The topological polar surface area (TPSA) is 39.9 Å². The predicted octanol–water partition coefficient (Wildman–Crippen LogP) is -0.995. The van der Waals surface area contributed by atoms with Gasteiger partial charge in [0, 0.05) is 34.9 Å². The van der Waals surface area contributed by atoms with Crippen LogP contribution >= 0.6 is 11.8 Å². The van der Waals surface area contributed by atoms with E-state index in [9.17, 15) is 5.11 Å². The van der Waals surface area contributed by atoms with Crippen molar-refractivity contribution >= 4 is 33.2 Å². The van der Waals surface area contributed by atoms with E-state index in [-0.39, 0.29) is 12.4 Å². The Hall–Kier alpha value is -1.59. The van der Waals surface area contributed by atoms with Crippen LogP contribution in [-0.4, -0.2) is 21.1 Å². The lowest BCUT2D eigenvalue weighted by Gasteiger charge is -2.11. The van der Waals surface area contributed by atoms with Crippen molar-refractivity contribution in [3.8, 4) is 0 Å². The number of rotatable bonds is 1. The summed E-state index contributed by atoms with van der Waals surface area (Å²) in [7, 11) is 0. The maximum Gasteiger partial charge on any atom is 0.416 e. The molecule has 2 heterocycles. The summed E-state index contributed by atoms with van der Waals surface area (Å²) in [5.74, 6) is 0. The number of para-hydroxylation sites is 2. The summed E-state index contributed by atoms with van der Waals surface area (Å²) >= 11 is 1.70. The molecule has 2 aliphatic heterocycles. The molecule has 21 heavy (non-hydrogen) atoms. The molecule has 3 nitrogen and oxygen atoms in total. The SMILES string of the molecule is OC1C=C(c2ccccc2)SC2=[N+]1c1ccccc1[NH2+]2.[Cl-]. The van der Waals surface area contributed by atoms with Gasteiger partial charge in [-0.15, -0.1) is 4.58 Å². The quantitative estimate of drug-likeness (QED) is 0.523. The molecule has 3 N–H and O–H groups in total. The highest BCUT2D eigenvalue weighted by Crippen LogP contribution is 2.37. The number of fused-ring (bicyclic) bond motifs is 2. The average Bonchev–Trinajstić information content (AvgIpc) is 2.87. The zero-order valence-corrected chi connectivity index (χ0v) is 12.7. The van der Waals surface area contributed by atoms with Gasteiger partial charge in [0.15, 0.2) is 0 Å². The van der Waals surface area contributed by atoms with Gasteiger partial charge in [-0.3, -0.25) is 0 Å². The monoisotopic (exact) mass is 317 g/mol. The van der Waals surface area contributed by atoms with Crippen LogP contribution in [0.25, 0.3) is 4.91 Å². The van der Waals surface area contributed by atoms with Gasteiger partial charge in [0.1, 0.15) is 0 Å². The van der Waals surface area contributed by atoms with Crippen LogP contribution in [0, 0.1) is 0 Å². The van der Waals surface area contributed by atoms with E-state index < -0.39 is 6.23 Å². The number of benzene rings is 2. The van der Waals surface area contributed by atoms with Gasteiger partial charge in [0.25, 0.3) is 11.9 Å². The normalized spacial score (nSPS) is 19.5. The Balaban J connectivity index is 0.00000132. The molecule has 0 saturated carbocycles. The number of halogens is 1. The lowest BCUT2D eigenvalue weighted by molar-refractivity contribution is -0.553. The Morgan fingerprint density at radius 1 is 1.00 bits per heavy atom. The molecule has 1 atom stereocenters. The largest absolute Gasteiger partial charge is 1.00 e. The van der Waals surface area contributed by atoms with Crippen molar-refractivity contribution in [2.75, 3.05) is 0 Å². The van der Waals surface area contributed by atoms with E-state index in [2.05, 4.69) is 23.5 Å². The number of aliphatic hydroxyl groups is 1. The minimum atomic E-state index is -0.610. The number of aliphatic hydroxyl groups excluding tert-OH is 1. The van der Waals surface area contributed by atoms with Crippen molar-refractivity contribution < 1.29 is 27.4 Å². The van der Waals surface area contributed by atoms with Crippen molar-refractivity contribution in [3.05, 3.63) is 66.2 Å². The van der Waals surface area contributed by atoms with Crippen LogP contribution < -0.4 is 17.7 Å². The fourth-order valence-electron chi connectivity index (χ4n) is 2.62. The Labute approximate surface area is 133 Å². The zero-order valence-electron chi connectivity index (χ0n) is 11.1. The van der Waals surface area contributed by atoms with Gasteiger partial charge in [-0.1, -0.05) is 42.5 Å². The molecule has 0 fully saturated rings. The van der Waals surface area contributed by atoms with E-state index >= 15 is 0 Å². The van der Waals surface area contributed by atoms with E-state index in [1.165, 1.54) is 0 Å². The number of hydrogen-bond acceptors (Lipinski definition) is 2. The molecule has 2 aliphatic rings. The lowest BCUT2D eigenvalue weighted by atomic mass is 10.2. The molecular weight excluding hydrogens is 304 g/mol. The van der Waals surface area contributed by atoms with Gasteiger partial charge in [0.05, 0.1) is 0 Å². The molecule has 5 heteroatoms. The molecule has 0 spiro atoms. The number of thioether (sulfide) groups is 1. The van der Waals surface area contributed by atoms with Crippen LogP contribution in [0.3, 0.4) is 0 Å². The number of amidine groups is 1. The van der Waals surface area contributed by atoms with Gasteiger partial charge >= 0.3 is 5.17 Å². The zero-order chi connectivity index (χ0) is 13.5. The highest BCUT2D eigenvalue weighted by Gasteiger charge is 2.42. The summed E-state index contributed by atoms with van der Waals surface area (Å²) in [6, 6.07) is 18.3. The average molecular weight is 318 g/mol. The molecule has 0 amide bonds. The molecule has 1 unspecified atom stereocenters. The minimum Gasteiger partial charge on any atom is -1.00 e. The number of hydrogen-bond donors (Lipinski definition) is 2. The van der Waals surface area contributed by atoms with Crippen molar-refractivity contribution in [2.45, 2.75) is 6.23 Å². The van der Waals surface area contributed by atoms with Gasteiger partial charge in [0.2, 0.25) is 5.69 Å². The molecule has 4 rings (SSSR count). The van der Waals surface area contributed by atoms with Crippen molar-refractivity contribution in [3.63, 3.8) is 0 Å². The second-order valence-corrected chi connectivity index (χ2v) is 5.89. The van der Waals surface area contributed by atoms with Crippen LogP contribution in [-0.2, 0) is 0 Å². The fraction of sp³-hybridized carbons (Fsp3) is 0.0625. The predicted molar refractivity (Wildman–Crippen MR) is 81.0 cm³/mol. The van der Waals surface area contributed by atoms with Crippen LogP contribution in [0.5, 0.6) is 0 Å². The van der Waals surface area contributed by atoms with Gasteiger partial charge in [-0.2, -0.15) is 0 Å². The van der Waals surface area contributed by atoms with E-state index in [0.29, 0.717) is 0 Å². The Kier molecular flexibility index (Phi) is 3.87. The standard InChI is InChI=1S/C16H12N2OS.ClH/c19-15-10-14(11-6-2-1-3-7-11)20-16-17-12-8-4-5-9-13(12)18(15)16;/h1-10,15,19H;1H/p+1. The minimum absolute atomic E-state index is 0. The first kappa shape index (κ1) is 14.4. The molecule has 0 bridgehead atoms. The van der Waals surface area contributed by atoms with Crippen LogP contribution in [0.4, 0.5) is 11.4 Å². The van der Waals surface area contributed by atoms with Gasteiger partial charge < -0.3 is 17.5 Å². The number of nitrogens with zero attached hydrogens (tertiary/aromatic N) is 1. The molecule has 0 aliphatic carbocycles. The van der Waals surface area contributed by atoms with E-state index in [4.69, 9.17) is 0 Å². The van der Waals surface area contributed by atoms with Crippen LogP contribution in [0.1, 0.15) is 5.56 Å². The second-order valence-electron chi connectivity index (χ2n) is 4.82. The first-order valence-electron chi connectivity index (χ1n) is 6.56. The highest BCUT2D eigenvalue weighted by molar-refractivity contribution is 8.21. The maximum atomic E-state index is 10.5. The highest BCUT2D eigenvalue weighted by atomic mass is 35.5. The third-order valence-electron chi connectivity index (χ3n) is 3.55. The fourth-order valence-corrected chi connectivity index (χ4v) is 3.78. The Morgan fingerprint density at radius 3 is 2.52 bits per heavy atom. The van der Waals surface area contributed by atoms with E-state index in [1.54, 1.807) is 11.8 Å². The molecule has 106 valence electrons. The second kappa shape index (κ2) is 5.66. The van der Waals surface area contributed by atoms with E-state index in [1.807, 2.05) is 47.0 Å². The first-order valence-corrected chi connectivity index (χ1v) is 7.38. The molecule has 0 saturated heterocycles. The van der Waals surface area contributed by atoms with Gasteiger partial charge in [-0.05, 0) is 5.56 Å². The number of quaternary nitrogens is 1. The van der Waals surface area contributed by atoms with E-state index in [0.717, 1.165) is 27.0 Å². The lowest BCUT2D eigenvalue weighted by Crippen LogP contribution is -3.00. The summed E-state index contributed by atoms with van der Waals surface area (Å²) in [4.78, 5) is 1.11. The first-order chi connectivity index (χ1) is 9.83. The summed E-state index contributed by atoms with van der Waals surface area (Å²) in [5, 5.41) is 13.7. The molecule has 0 radical (unpaired) electrons. The summed E-state index contributed by atoms with van der Waals surface area (Å²) < 4.78 is 1.98. The number of nitrogens with two attached hydrogens (primary N) is 1. The van der Waals surface area contributed by atoms with Crippen molar-refractivity contribution in [1.29, 1.82) is 0 Å². The van der Waals surface area contributed by atoms with Crippen molar-refractivity contribution in [2.24, 2.45) is 0 Å². The smallest absolute Gasteiger partial charge is 0.416 e. The summed E-state index contributed by atoms with van der Waals surface area (Å²) in [6.07, 6.45) is 1.31. The Morgan fingerprint density at radius 2 is 1.71 bits per heavy atom. The van der Waals surface area contributed by atoms with Gasteiger partial charge in [-0.25, -0.2) is 5.32 Å². The third-order valence-corrected chi connectivity index (χ3v) is 4.67. The van der Waals surface area contributed by atoms with Crippen LogP contribution in [0.2, 0.25) is 0 Å².